The lowest BCUT2D eigenvalue weighted by molar-refractivity contribution is -0.384. The van der Waals surface area contributed by atoms with Crippen molar-refractivity contribution in [1.82, 2.24) is 51.0 Å². The van der Waals surface area contributed by atoms with E-state index in [4.69, 9.17) is 24.7 Å². The van der Waals surface area contributed by atoms with E-state index in [9.17, 15) is 106 Å². The van der Waals surface area contributed by atoms with Gasteiger partial charge in [0.25, 0.3) is 46.8 Å². The zero-order chi connectivity index (χ0) is 106. The third-order valence-corrected chi connectivity index (χ3v) is 24.2. The van der Waals surface area contributed by atoms with Crippen molar-refractivity contribution in [3.63, 3.8) is 0 Å². The van der Waals surface area contributed by atoms with Crippen LogP contribution in [0.2, 0.25) is 0 Å². The number of nitrogen functional groups attached to an aromatic ring is 1. The summed E-state index contributed by atoms with van der Waals surface area (Å²) in [5.41, 5.74) is 8.21. The number of nitrogens with zero attached hydrogens (tertiary/aromatic N) is 8. The molecule has 4 aromatic heterocycles. The summed E-state index contributed by atoms with van der Waals surface area (Å²) in [5, 5.41) is 36.0. The number of benzene rings is 9. The topological polar surface area (TPSA) is 370 Å². The first-order chi connectivity index (χ1) is 70.7. The highest BCUT2D eigenvalue weighted by atomic mass is 19.4. The minimum Gasteiger partial charge on any atom is -0.490 e. The molecular weight excluding hydrogens is 1950 g/mol. The zero-order valence-electron chi connectivity index (χ0n) is 78.9. The molecule has 41 heteroatoms. The summed E-state index contributed by atoms with van der Waals surface area (Å²) in [4.78, 5) is 120. The molecule has 17 rings (SSSR count). The van der Waals surface area contributed by atoms with Crippen LogP contribution >= 0.6 is 0 Å². The quantitative estimate of drug-likeness (QED) is 0.0105. The number of nitrogens with two attached hydrogens (primary N) is 1. The molecule has 3 saturated carbocycles. The van der Waals surface area contributed by atoms with E-state index in [-0.39, 0.29) is 118 Å². The lowest BCUT2D eigenvalue weighted by Gasteiger charge is -2.28. The van der Waals surface area contributed by atoms with E-state index in [0.717, 1.165) is 144 Å². The molecule has 768 valence electrons. The van der Waals surface area contributed by atoms with Crippen LogP contribution in [-0.2, 0) is 55.6 Å². The second-order valence-electron chi connectivity index (χ2n) is 34.8. The Morgan fingerprint density at radius 3 is 1.11 bits per heavy atom. The number of halogens is 13. The van der Waals surface area contributed by atoms with Crippen molar-refractivity contribution < 1.29 is 115 Å². The summed E-state index contributed by atoms with van der Waals surface area (Å²) in [5.74, 6) is -1.73. The molecule has 0 unspecified atom stereocenters. The van der Waals surface area contributed by atoms with Crippen LogP contribution in [-0.4, -0.2) is 140 Å². The molecule has 0 spiro atoms. The summed E-state index contributed by atoms with van der Waals surface area (Å²) >= 11 is 0. The maximum Gasteiger partial charge on any atom is 0.416 e. The van der Waals surface area contributed by atoms with Crippen molar-refractivity contribution in [2.24, 2.45) is 0 Å². The van der Waals surface area contributed by atoms with Gasteiger partial charge in [0, 0.05) is 147 Å². The fourth-order valence-electron chi connectivity index (χ4n) is 15.5. The van der Waals surface area contributed by atoms with Crippen LogP contribution in [0.5, 0.6) is 17.2 Å². The highest BCUT2D eigenvalue weighted by molar-refractivity contribution is 6.08. The largest absolute Gasteiger partial charge is 0.490 e. The Bertz CT molecular complexity index is 7000. The Hall–Kier alpha value is -16.6. The number of aromatic nitrogens is 4. The van der Waals surface area contributed by atoms with Crippen molar-refractivity contribution >= 4 is 58.2 Å². The van der Waals surface area contributed by atoms with Gasteiger partial charge in [-0.3, -0.25) is 73.8 Å². The number of likely N-dealkylation sites (N-methyl/N-ethyl adjacent to an activating group) is 1. The normalized spacial score (nSPS) is 13.7. The minimum absolute atomic E-state index is 0.00733. The molecule has 7 N–H and O–H groups in total. The predicted octanol–water partition coefficient (Wildman–Crippen LogP) is 21.8. The Morgan fingerprint density at radius 2 is 0.730 bits per heavy atom. The molecule has 4 aliphatic rings. The lowest BCUT2D eigenvalue weighted by atomic mass is 9.96. The smallest absolute Gasteiger partial charge is 0.416 e. The van der Waals surface area contributed by atoms with Gasteiger partial charge < -0.3 is 56.2 Å². The monoisotopic (exact) mass is 2050 g/mol. The number of anilines is 2. The molecule has 1 aliphatic heterocycles. The van der Waals surface area contributed by atoms with Crippen molar-refractivity contribution in [3.05, 3.63) is 371 Å². The number of nitro benzene ring substituents is 2. The van der Waals surface area contributed by atoms with E-state index < -0.39 is 92.2 Å². The highest BCUT2D eigenvalue weighted by Crippen LogP contribution is 2.41. The average Bonchev–Trinajstić information content (AvgIpc) is 0.806. The van der Waals surface area contributed by atoms with Gasteiger partial charge in [-0.25, -0.2) is 4.39 Å². The number of pyridine rings is 4. The van der Waals surface area contributed by atoms with E-state index in [0.29, 0.717) is 93.2 Å². The second-order valence-corrected chi connectivity index (χ2v) is 34.8. The van der Waals surface area contributed by atoms with Crippen LogP contribution in [0.4, 0.5) is 79.8 Å². The van der Waals surface area contributed by atoms with Crippen LogP contribution in [0.1, 0.15) is 164 Å². The SMILES string of the molecule is CN(CCN1CCOCC1)C(=O)c1cccc(C(=O)Nc2ccc(OC3CCC3)cc2-c2cc(C(=O)NCc3cccc(C(F)(F)F)c3)ccn2)c1.Nc1ccc(OC2CCC2)cc1-c1cc(C(=O)NCc2cccc(C(F)(F)F)c2)ccn1.O=C(NCc1cccc(C(F)(F)F)c1)c1ccnc(-c2cc(F)ccc2[N+](=O)[O-])c1.O=C(NCc1cccc(C(F)(F)F)c1)c1ccnc(-c2cc(OC3CCC3)ccc2[N+](=O)[O-])c1. The number of carbonyl (C=O) groups excluding carboxylic acids is 6. The maximum absolute atomic E-state index is 13.6. The number of morpholine rings is 1. The Kier molecular flexibility index (Phi) is 35.1. The summed E-state index contributed by atoms with van der Waals surface area (Å²) in [6.07, 6.45) is -2.94. The third kappa shape index (κ3) is 29.6. The highest BCUT2D eigenvalue weighted by Gasteiger charge is 2.36. The summed E-state index contributed by atoms with van der Waals surface area (Å²) in [7, 11) is 1.74. The standard InChI is InChI=1S/C39H40F3N5O5.C24H20F3N3O4.C24H22F3N3O2.C20H13F4N3O3/c1-46(15-16-47-17-19-51-20-18-47)38(50)29-7-3-6-27(22-29)37(49)45-34-12-11-32(52-31-9-4-10-31)24-33(34)35-23-28(13-14-43-35)36(48)44-25-26-5-2-8-30(21-26)39(40,41)42;25-24(26,27)17-4-1-3-15(11-17)14-29-23(31)16-9-10-28-21(12-16)20-13-19(34-18-5-2-6-18)7-8-22(20)30(32)33;25-24(26,27)17-4-1-3-15(11-17)14-30-23(31)16-9-10-29-22(12-16)20-13-19(7-8-21(20)28)32-18-5-2-6-18;21-15-4-5-18(27(29)30)16(10-15)17-9-13(6-7-25-17)19(28)26-11-12-2-1-3-14(8-12)20(22,23)24/h2-3,5-8,11-14,21-24,31H,4,9-10,15-20,25H2,1H3,(H,44,48)(H,45,49);1,3-4,7-13,18H,2,5-6,14H2,(H,29,31);1,3-4,7-13,18H,2,5-6,14,28H2,(H,30,31);1-10H,11H2,(H,26,28). The van der Waals surface area contributed by atoms with Crippen molar-refractivity contribution in [2.75, 3.05) is 57.5 Å². The molecule has 148 heavy (non-hydrogen) atoms. The molecule has 6 amide bonds. The first-order valence-corrected chi connectivity index (χ1v) is 46.5. The van der Waals surface area contributed by atoms with Gasteiger partial charge in [-0.1, -0.05) is 54.6 Å². The van der Waals surface area contributed by atoms with Gasteiger partial charge in [0.1, 0.15) is 23.1 Å². The number of nitro groups is 2. The summed E-state index contributed by atoms with van der Waals surface area (Å²) < 4.78 is 192. The summed E-state index contributed by atoms with van der Waals surface area (Å²) in [6, 6.07) is 54.8. The number of carbonyl (C=O) groups is 6. The number of hydrogen-bond acceptors (Lipinski definition) is 20. The fourth-order valence-corrected chi connectivity index (χ4v) is 15.5. The van der Waals surface area contributed by atoms with Gasteiger partial charge in [0.2, 0.25) is 0 Å². The molecule has 3 aliphatic carbocycles. The van der Waals surface area contributed by atoms with E-state index in [2.05, 4.69) is 51.4 Å². The van der Waals surface area contributed by atoms with Gasteiger partial charge in [0.15, 0.2) is 0 Å². The number of hydrogen-bond donors (Lipinski definition) is 6. The average molecular weight is 2050 g/mol. The van der Waals surface area contributed by atoms with Gasteiger partial charge in [0.05, 0.1) is 103 Å². The first-order valence-electron chi connectivity index (χ1n) is 46.5. The van der Waals surface area contributed by atoms with Crippen molar-refractivity contribution in [1.29, 1.82) is 0 Å². The minimum atomic E-state index is -4.50. The Morgan fingerprint density at radius 1 is 0.399 bits per heavy atom. The predicted molar refractivity (Wildman–Crippen MR) is 520 cm³/mol. The van der Waals surface area contributed by atoms with Crippen LogP contribution in [0.15, 0.2) is 267 Å². The van der Waals surface area contributed by atoms with E-state index >= 15 is 0 Å². The number of alkyl halides is 12. The molecule has 9 aromatic carbocycles. The molecule has 0 atom stereocenters. The molecule has 5 heterocycles. The first kappa shape index (κ1) is 107. The van der Waals surface area contributed by atoms with E-state index in [1.165, 1.54) is 128 Å². The molecule has 0 bridgehead atoms. The van der Waals surface area contributed by atoms with Gasteiger partial charge >= 0.3 is 24.7 Å². The van der Waals surface area contributed by atoms with Crippen LogP contribution < -0.4 is 46.5 Å². The zero-order valence-corrected chi connectivity index (χ0v) is 78.9. The fraction of sp³-hybridized carbons (Fsp3) is 0.252. The third-order valence-electron chi connectivity index (χ3n) is 24.2. The summed E-state index contributed by atoms with van der Waals surface area (Å²) in [6.45, 7) is 3.82. The number of nitrogens with one attached hydrogen (secondary N) is 5. The van der Waals surface area contributed by atoms with E-state index in [1.807, 2.05) is 6.07 Å². The van der Waals surface area contributed by atoms with Crippen molar-refractivity contribution in [2.45, 2.75) is 127 Å². The van der Waals surface area contributed by atoms with Gasteiger partial charge in [-0.05, 0) is 256 Å². The molecule has 4 fully saturated rings. The van der Waals surface area contributed by atoms with Crippen LogP contribution in [0, 0.1) is 26.0 Å². The molecule has 0 radical (unpaired) electrons. The van der Waals surface area contributed by atoms with Gasteiger partial charge in [-0.2, -0.15) is 52.7 Å². The van der Waals surface area contributed by atoms with Crippen LogP contribution in [0.3, 0.4) is 0 Å². The molecule has 1 saturated heterocycles. The maximum atomic E-state index is 13.6. The van der Waals surface area contributed by atoms with Gasteiger partial charge in [-0.15, -0.1) is 0 Å². The Balaban J connectivity index is 0.000000160. The number of rotatable bonds is 30. The molecule has 13 aromatic rings. The number of ether oxygens (including phenoxy) is 4. The number of amides is 6. The second kappa shape index (κ2) is 48.4. The van der Waals surface area contributed by atoms with Crippen molar-refractivity contribution in [3.8, 4) is 62.3 Å². The van der Waals surface area contributed by atoms with Crippen LogP contribution in [0.25, 0.3) is 45.0 Å². The Labute approximate surface area is 838 Å². The molecule has 28 nitrogen and oxygen atoms in total. The van der Waals surface area contributed by atoms with E-state index in [1.54, 1.807) is 78.7 Å². The molecular formula is C107H95F13N14O14. The lowest BCUT2D eigenvalue weighted by Crippen LogP contribution is -2.41.